The highest BCUT2D eigenvalue weighted by molar-refractivity contribution is 8.00. The van der Waals surface area contributed by atoms with Crippen molar-refractivity contribution in [1.29, 1.82) is 0 Å². The Bertz CT molecular complexity index is 760. The van der Waals surface area contributed by atoms with Gasteiger partial charge in [-0.2, -0.15) is 0 Å². The number of benzene rings is 2. The van der Waals surface area contributed by atoms with Crippen LogP contribution in [-0.4, -0.2) is 34.3 Å². The Labute approximate surface area is 159 Å². The number of carbonyl (C=O) groups excluding carboxylic acids is 2. The molecule has 0 spiro atoms. The van der Waals surface area contributed by atoms with E-state index in [1.807, 2.05) is 66.4 Å². The van der Waals surface area contributed by atoms with Gasteiger partial charge < -0.3 is 10.2 Å². The molecule has 2 aromatic rings. The molecule has 1 N–H and O–H groups in total. The van der Waals surface area contributed by atoms with Crippen LogP contribution in [0.15, 0.2) is 54.6 Å². The van der Waals surface area contributed by atoms with Crippen molar-refractivity contribution in [3.63, 3.8) is 0 Å². The van der Waals surface area contributed by atoms with Crippen molar-refractivity contribution >= 4 is 29.3 Å². The molecule has 1 aliphatic rings. The van der Waals surface area contributed by atoms with E-state index in [0.717, 1.165) is 29.7 Å². The smallest absolute Gasteiger partial charge is 0.234 e. The van der Waals surface area contributed by atoms with Crippen LogP contribution in [0.2, 0.25) is 0 Å². The minimum atomic E-state index is -0.0746. The molecule has 0 bridgehead atoms. The summed E-state index contributed by atoms with van der Waals surface area (Å²) in [7, 11) is 0. The summed E-state index contributed by atoms with van der Waals surface area (Å²) in [5.41, 5.74) is 3.05. The van der Waals surface area contributed by atoms with Crippen molar-refractivity contribution in [2.75, 3.05) is 16.8 Å². The summed E-state index contributed by atoms with van der Waals surface area (Å²) in [5.74, 6) is 0.660. The molecule has 0 aromatic heterocycles. The molecule has 0 radical (unpaired) electrons. The fourth-order valence-electron chi connectivity index (χ4n) is 2.82. The Morgan fingerprint density at radius 2 is 1.85 bits per heavy atom. The van der Waals surface area contributed by atoms with Gasteiger partial charge in [0.05, 0.1) is 11.5 Å². The molecular formula is C21H24N2O2S. The lowest BCUT2D eigenvalue weighted by molar-refractivity contribution is -0.129. The minimum Gasteiger partial charge on any atom is -0.335 e. The number of aryl methyl sites for hydroxylation is 1. The van der Waals surface area contributed by atoms with Crippen LogP contribution in [-0.2, 0) is 16.1 Å². The Hall–Kier alpha value is -2.27. The third-order valence-electron chi connectivity index (χ3n) is 4.26. The van der Waals surface area contributed by atoms with Crippen molar-refractivity contribution in [3.8, 4) is 0 Å². The fourth-order valence-corrected chi connectivity index (χ4v) is 3.52. The topological polar surface area (TPSA) is 49.4 Å². The van der Waals surface area contributed by atoms with Gasteiger partial charge in [-0.15, -0.1) is 11.8 Å². The molecule has 2 amide bonds. The Morgan fingerprint density at radius 3 is 2.54 bits per heavy atom. The van der Waals surface area contributed by atoms with Gasteiger partial charge in [-0.1, -0.05) is 42.5 Å². The van der Waals surface area contributed by atoms with Gasteiger partial charge in [-0.25, -0.2) is 0 Å². The summed E-state index contributed by atoms with van der Waals surface area (Å²) in [6, 6.07) is 18.1. The predicted molar refractivity (Wildman–Crippen MR) is 107 cm³/mol. The number of amides is 2. The molecule has 1 saturated carbocycles. The molecule has 136 valence electrons. The van der Waals surface area contributed by atoms with Crippen LogP contribution >= 0.6 is 11.8 Å². The lowest BCUT2D eigenvalue weighted by Crippen LogP contribution is -2.34. The van der Waals surface area contributed by atoms with Crippen molar-refractivity contribution in [3.05, 3.63) is 65.7 Å². The van der Waals surface area contributed by atoms with Crippen LogP contribution in [0.5, 0.6) is 0 Å². The van der Waals surface area contributed by atoms with E-state index in [0.29, 0.717) is 18.3 Å². The van der Waals surface area contributed by atoms with Gasteiger partial charge in [0.1, 0.15) is 0 Å². The zero-order chi connectivity index (χ0) is 18.4. The highest BCUT2D eigenvalue weighted by Gasteiger charge is 2.32. The van der Waals surface area contributed by atoms with Crippen molar-refractivity contribution in [2.24, 2.45) is 0 Å². The number of anilines is 1. The van der Waals surface area contributed by atoms with Gasteiger partial charge in [0.25, 0.3) is 0 Å². The van der Waals surface area contributed by atoms with Crippen LogP contribution in [0, 0.1) is 6.92 Å². The largest absolute Gasteiger partial charge is 0.335 e. The number of rotatable bonds is 8. The molecule has 4 nitrogen and oxygen atoms in total. The second-order valence-corrected chi connectivity index (χ2v) is 7.63. The van der Waals surface area contributed by atoms with E-state index < -0.39 is 0 Å². The van der Waals surface area contributed by atoms with E-state index in [9.17, 15) is 9.59 Å². The van der Waals surface area contributed by atoms with Gasteiger partial charge in [0.15, 0.2) is 0 Å². The lowest BCUT2D eigenvalue weighted by atomic mass is 10.2. The molecule has 3 rings (SSSR count). The second kappa shape index (κ2) is 8.90. The molecule has 0 saturated heterocycles. The summed E-state index contributed by atoms with van der Waals surface area (Å²) in [4.78, 5) is 26.6. The van der Waals surface area contributed by atoms with Crippen LogP contribution in [0.1, 0.15) is 24.0 Å². The first-order chi connectivity index (χ1) is 12.6. The summed E-state index contributed by atoms with van der Waals surface area (Å²) in [6.45, 7) is 2.64. The first kappa shape index (κ1) is 18.5. The molecule has 0 aliphatic heterocycles. The SMILES string of the molecule is Cc1cccc(NC(=O)CSCC(=O)N(Cc2ccccc2)C2CC2)c1. The normalized spacial score (nSPS) is 13.3. The molecule has 1 aliphatic carbocycles. The predicted octanol–water partition coefficient (Wildman–Crippen LogP) is 3.86. The zero-order valence-electron chi connectivity index (χ0n) is 15.0. The maximum Gasteiger partial charge on any atom is 0.234 e. The molecule has 1 fully saturated rings. The van der Waals surface area contributed by atoms with Crippen molar-refractivity contribution < 1.29 is 9.59 Å². The number of hydrogen-bond donors (Lipinski definition) is 1. The van der Waals surface area contributed by atoms with E-state index in [-0.39, 0.29) is 17.6 Å². The molecule has 0 heterocycles. The van der Waals surface area contributed by atoms with E-state index in [4.69, 9.17) is 0 Å². The van der Waals surface area contributed by atoms with Gasteiger partial charge in [0, 0.05) is 18.3 Å². The molecule has 2 aromatic carbocycles. The zero-order valence-corrected chi connectivity index (χ0v) is 15.8. The van der Waals surface area contributed by atoms with Gasteiger partial charge in [0.2, 0.25) is 11.8 Å². The molecule has 26 heavy (non-hydrogen) atoms. The average Bonchev–Trinajstić information content (AvgIpc) is 3.45. The van der Waals surface area contributed by atoms with E-state index in [1.165, 1.54) is 11.8 Å². The van der Waals surface area contributed by atoms with Crippen LogP contribution in [0.25, 0.3) is 0 Å². The molecule has 5 heteroatoms. The van der Waals surface area contributed by atoms with Crippen LogP contribution in [0.4, 0.5) is 5.69 Å². The van der Waals surface area contributed by atoms with Crippen molar-refractivity contribution in [2.45, 2.75) is 32.4 Å². The first-order valence-electron chi connectivity index (χ1n) is 8.89. The van der Waals surface area contributed by atoms with Gasteiger partial charge >= 0.3 is 0 Å². The molecular weight excluding hydrogens is 344 g/mol. The van der Waals surface area contributed by atoms with E-state index in [2.05, 4.69) is 5.32 Å². The number of hydrogen-bond acceptors (Lipinski definition) is 3. The van der Waals surface area contributed by atoms with E-state index >= 15 is 0 Å². The maximum atomic E-state index is 12.6. The summed E-state index contributed by atoms with van der Waals surface area (Å²) in [5, 5.41) is 2.88. The average molecular weight is 369 g/mol. The number of nitrogens with one attached hydrogen (secondary N) is 1. The van der Waals surface area contributed by atoms with E-state index in [1.54, 1.807) is 0 Å². The third-order valence-corrected chi connectivity index (χ3v) is 5.18. The Balaban J connectivity index is 1.45. The highest BCUT2D eigenvalue weighted by Crippen LogP contribution is 2.29. The second-order valence-electron chi connectivity index (χ2n) is 6.65. The summed E-state index contributed by atoms with van der Waals surface area (Å²) >= 11 is 1.37. The highest BCUT2D eigenvalue weighted by atomic mass is 32.2. The fraction of sp³-hybridized carbons (Fsp3) is 0.333. The van der Waals surface area contributed by atoms with Gasteiger partial charge in [-0.05, 0) is 43.0 Å². The monoisotopic (exact) mass is 368 g/mol. The summed E-state index contributed by atoms with van der Waals surface area (Å²) < 4.78 is 0. The molecule has 0 atom stereocenters. The quantitative estimate of drug-likeness (QED) is 0.770. The standard InChI is InChI=1S/C21H24N2O2S/c1-16-6-5-9-18(12-16)22-20(24)14-26-15-21(25)23(19-10-11-19)13-17-7-3-2-4-8-17/h2-9,12,19H,10-11,13-15H2,1H3,(H,22,24). The van der Waals surface area contributed by atoms with Crippen molar-refractivity contribution in [1.82, 2.24) is 4.90 Å². The minimum absolute atomic E-state index is 0.0746. The Kier molecular flexibility index (Phi) is 6.34. The molecule has 0 unspecified atom stereocenters. The van der Waals surface area contributed by atoms with Crippen LogP contribution in [0.3, 0.4) is 0 Å². The Morgan fingerprint density at radius 1 is 1.08 bits per heavy atom. The maximum absolute atomic E-state index is 12.6. The van der Waals surface area contributed by atoms with Gasteiger partial charge in [-0.3, -0.25) is 9.59 Å². The number of carbonyl (C=O) groups is 2. The third kappa shape index (κ3) is 5.63. The number of nitrogens with zero attached hydrogens (tertiary/aromatic N) is 1. The summed E-state index contributed by atoms with van der Waals surface area (Å²) in [6.07, 6.45) is 2.16. The van der Waals surface area contributed by atoms with Crippen LogP contribution < -0.4 is 5.32 Å². The number of thioether (sulfide) groups is 1. The first-order valence-corrected chi connectivity index (χ1v) is 10.0. The lowest BCUT2D eigenvalue weighted by Gasteiger charge is -2.22.